The van der Waals surface area contributed by atoms with Crippen LogP contribution < -0.4 is 10.2 Å². The fraction of sp³-hybridized carbons (Fsp3) is 0.158. The first kappa shape index (κ1) is 17.3. The number of thioether (sulfide) groups is 1. The molecule has 0 radical (unpaired) electrons. The van der Waals surface area contributed by atoms with Crippen molar-refractivity contribution in [2.75, 3.05) is 22.5 Å². The van der Waals surface area contributed by atoms with Gasteiger partial charge in [-0.3, -0.25) is 9.59 Å². The van der Waals surface area contributed by atoms with Crippen molar-refractivity contribution in [1.82, 2.24) is 10.2 Å². The Kier molecular flexibility index (Phi) is 4.64. The number of para-hydroxylation sites is 2. The number of carbonyl (C=O) groups excluding carboxylic acids is 2. The van der Waals surface area contributed by atoms with Gasteiger partial charge in [0.1, 0.15) is 6.54 Å². The first-order valence-electron chi connectivity index (χ1n) is 8.33. The zero-order chi connectivity index (χ0) is 18.8. The number of aryl methyl sites for hydroxylation is 1. The minimum atomic E-state index is -0.216. The molecule has 0 saturated carbocycles. The van der Waals surface area contributed by atoms with E-state index in [9.17, 15) is 9.59 Å². The van der Waals surface area contributed by atoms with Crippen molar-refractivity contribution in [2.45, 2.75) is 12.1 Å². The van der Waals surface area contributed by atoms with Gasteiger partial charge in [-0.25, -0.2) is 0 Å². The van der Waals surface area contributed by atoms with Crippen LogP contribution in [0.5, 0.6) is 0 Å². The van der Waals surface area contributed by atoms with Gasteiger partial charge in [0.2, 0.25) is 17.7 Å². The molecule has 4 rings (SSSR count). The molecule has 0 bridgehead atoms. The molecule has 8 heteroatoms. The summed E-state index contributed by atoms with van der Waals surface area (Å²) in [6.45, 7) is 1.96. The third kappa shape index (κ3) is 3.56. The van der Waals surface area contributed by atoms with E-state index in [1.165, 1.54) is 4.90 Å². The van der Waals surface area contributed by atoms with Gasteiger partial charge in [0.25, 0.3) is 5.22 Å². The van der Waals surface area contributed by atoms with Gasteiger partial charge in [0, 0.05) is 5.56 Å². The summed E-state index contributed by atoms with van der Waals surface area (Å²) >= 11 is 1.16. The highest BCUT2D eigenvalue weighted by Gasteiger charge is 2.27. The molecule has 1 aliphatic heterocycles. The van der Waals surface area contributed by atoms with Crippen LogP contribution in [0.2, 0.25) is 0 Å². The van der Waals surface area contributed by atoms with E-state index in [4.69, 9.17) is 4.42 Å². The number of nitrogens with one attached hydrogen (secondary N) is 1. The molecule has 3 aromatic rings. The second-order valence-corrected chi connectivity index (χ2v) is 6.95. The maximum Gasteiger partial charge on any atom is 0.277 e. The van der Waals surface area contributed by atoms with Gasteiger partial charge in [-0.1, -0.05) is 42.1 Å². The topological polar surface area (TPSA) is 88.3 Å². The third-order valence-electron chi connectivity index (χ3n) is 4.17. The molecule has 7 nitrogen and oxygen atoms in total. The van der Waals surface area contributed by atoms with Gasteiger partial charge in [0.05, 0.1) is 17.1 Å². The minimum Gasteiger partial charge on any atom is -0.411 e. The number of amides is 2. The van der Waals surface area contributed by atoms with E-state index in [0.29, 0.717) is 22.5 Å². The lowest BCUT2D eigenvalue weighted by molar-refractivity contribution is -0.120. The second kappa shape index (κ2) is 7.24. The van der Waals surface area contributed by atoms with Gasteiger partial charge >= 0.3 is 0 Å². The smallest absolute Gasteiger partial charge is 0.277 e. The SMILES string of the molecule is Cc1ccccc1-c1nnc(SCC(=O)N2CC(=O)Nc3ccccc32)o1. The highest BCUT2D eigenvalue weighted by molar-refractivity contribution is 7.99. The predicted octanol–water partition coefficient (Wildman–Crippen LogP) is 3.12. The zero-order valence-electron chi connectivity index (χ0n) is 14.5. The van der Waals surface area contributed by atoms with Crippen LogP contribution in [0.25, 0.3) is 11.5 Å². The van der Waals surface area contributed by atoms with E-state index in [-0.39, 0.29) is 24.1 Å². The molecular weight excluding hydrogens is 364 g/mol. The summed E-state index contributed by atoms with van der Waals surface area (Å²) in [5.74, 6) is 0.104. The van der Waals surface area contributed by atoms with Crippen LogP contribution in [0, 0.1) is 6.92 Å². The average molecular weight is 380 g/mol. The van der Waals surface area contributed by atoms with Crippen molar-refractivity contribution in [2.24, 2.45) is 0 Å². The van der Waals surface area contributed by atoms with E-state index >= 15 is 0 Å². The maximum absolute atomic E-state index is 12.6. The van der Waals surface area contributed by atoms with Crippen molar-refractivity contribution < 1.29 is 14.0 Å². The van der Waals surface area contributed by atoms with Crippen LogP contribution in [0.15, 0.2) is 58.2 Å². The predicted molar refractivity (Wildman–Crippen MR) is 103 cm³/mol. The van der Waals surface area contributed by atoms with Crippen molar-refractivity contribution in [1.29, 1.82) is 0 Å². The number of hydrogen-bond donors (Lipinski definition) is 1. The normalized spacial score (nSPS) is 13.2. The molecular formula is C19H16N4O3S. The molecule has 1 N–H and O–H groups in total. The summed E-state index contributed by atoms with van der Waals surface area (Å²) in [6.07, 6.45) is 0. The van der Waals surface area contributed by atoms with Gasteiger partial charge in [0.15, 0.2) is 0 Å². The zero-order valence-corrected chi connectivity index (χ0v) is 15.3. The molecule has 2 heterocycles. The fourth-order valence-corrected chi connectivity index (χ4v) is 3.49. The molecule has 0 aliphatic carbocycles. The Morgan fingerprint density at radius 2 is 1.96 bits per heavy atom. The quantitative estimate of drug-likeness (QED) is 0.700. The van der Waals surface area contributed by atoms with Gasteiger partial charge in [-0.05, 0) is 30.7 Å². The van der Waals surface area contributed by atoms with Crippen LogP contribution >= 0.6 is 11.8 Å². The van der Waals surface area contributed by atoms with Gasteiger partial charge < -0.3 is 14.6 Å². The summed E-state index contributed by atoms with van der Waals surface area (Å²) in [5, 5.41) is 11.1. The summed E-state index contributed by atoms with van der Waals surface area (Å²) in [4.78, 5) is 26.0. The van der Waals surface area contributed by atoms with E-state index in [1.807, 2.05) is 43.3 Å². The van der Waals surface area contributed by atoms with Crippen LogP contribution in [-0.4, -0.2) is 34.3 Å². The molecule has 1 aliphatic rings. The second-order valence-electron chi connectivity index (χ2n) is 6.02. The number of rotatable bonds is 4. The number of aromatic nitrogens is 2. The highest BCUT2D eigenvalue weighted by atomic mass is 32.2. The highest BCUT2D eigenvalue weighted by Crippen LogP contribution is 2.30. The molecule has 1 aromatic heterocycles. The number of carbonyl (C=O) groups is 2. The van der Waals surface area contributed by atoms with Crippen LogP contribution in [0.1, 0.15) is 5.56 Å². The standard InChI is InChI=1S/C19H16N4O3S/c1-12-6-2-3-7-13(12)18-21-22-19(26-18)27-11-17(25)23-10-16(24)20-14-8-4-5-9-15(14)23/h2-9H,10-11H2,1H3,(H,20,24). The Bertz CT molecular complexity index is 1020. The lowest BCUT2D eigenvalue weighted by Gasteiger charge is -2.28. The minimum absolute atomic E-state index is 0.00526. The molecule has 2 aromatic carbocycles. The van der Waals surface area contributed by atoms with E-state index in [1.54, 1.807) is 12.1 Å². The summed E-state index contributed by atoms with van der Waals surface area (Å²) in [6, 6.07) is 14.9. The van der Waals surface area contributed by atoms with Crippen LogP contribution in [0.3, 0.4) is 0 Å². The Labute approximate surface area is 159 Å². The van der Waals surface area contributed by atoms with Crippen molar-refractivity contribution in [3.63, 3.8) is 0 Å². The molecule has 2 amide bonds. The first-order valence-corrected chi connectivity index (χ1v) is 9.32. The number of benzene rings is 2. The Morgan fingerprint density at radius 3 is 2.81 bits per heavy atom. The Hall–Kier alpha value is -3.13. The first-order chi connectivity index (χ1) is 13.1. The van der Waals surface area contributed by atoms with Crippen molar-refractivity contribution >= 4 is 35.0 Å². The Balaban J connectivity index is 1.46. The lowest BCUT2D eigenvalue weighted by atomic mass is 10.1. The lowest BCUT2D eigenvalue weighted by Crippen LogP contribution is -2.43. The molecule has 0 atom stereocenters. The van der Waals surface area contributed by atoms with Crippen molar-refractivity contribution in [3.8, 4) is 11.5 Å². The number of nitrogens with zero attached hydrogens (tertiary/aromatic N) is 3. The Morgan fingerprint density at radius 1 is 1.19 bits per heavy atom. The van der Waals surface area contributed by atoms with E-state index in [0.717, 1.165) is 22.9 Å². The monoisotopic (exact) mass is 380 g/mol. The number of hydrogen-bond acceptors (Lipinski definition) is 6. The molecule has 27 heavy (non-hydrogen) atoms. The molecule has 0 unspecified atom stereocenters. The number of anilines is 2. The van der Waals surface area contributed by atoms with Crippen molar-refractivity contribution in [3.05, 3.63) is 54.1 Å². The maximum atomic E-state index is 12.6. The number of fused-ring (bicyclic) bond motifs is 1. The van der Waals surface area contributed by atoms with Gasteiger partial charge in [-0.2, -0.15) is 0 Å². The van der Waals surface area contributed by atoms with Gasteiger partial charge in [-0.15, -0.1) is 10.2 Å². The van der Waals surface area contributed by atoms with E-state index in [2.05, 4.69) is 15.5 Å². The summed E-state index contributed by atoms with van der Waals surface area (Å²) in [7, 11) is 0. The van der Waals surface area contributed by atoms with Crippen LogP contribution in [-0.2, 0) is 9.59 Å². The largest absolute Gasteiger partial charge is 0.411 e. The molecule has 136 valence electrons. The summed E-state index contributed by atoms with van der Waals surface area (Å²) in [5.41, 5.74) is 3.22. The van der Waals surface area contributed by atoms with Crippen LogP contribution in [0.4, 0.5) is 11.4 Å². The molecule has 0 fully saturated rings. The molecule has 0 spiro atoms. The fourth-order valence-electron chi connectivity index (χ4n) is 2.85. The average Bonchev–Trinajstić information content (AvgIpc) is 3.14. The third-order valence-corrected chi connectivity index (χ3v) is 4.98. The van der Waals surface area contributed by atoms with E-state index < -0.39 is 0 Å². The molecule has 0 saturated heterocycles. The summed E-state index contributed by atoms with van der Waals surface area (Å²) < 4.78 is 5.67.